The first kappa shape index (κ1) is 14.3. The average Bonchev–Trinajstić information content (AvgIpc) is 2.03. The van der Waals surface area contributed by atoms with Crippen molar-refractivity contribution in [3.05, 3.63) is 0 Å². The highest BCUT2D eigenvalue weighted by Crippen LogP contribution is 2.62. The molecule has 0 N–H and O–H groups in total. The van der Waals surface area contributed by atoms with E-state index in [1.165, 1.54) is 0 Å². The monoisotopic (exact) mass is 286 g/mol. The molecule has 7 heteroatoms. The van der Waals surface area contributed by atoms with Crippen LogP contribution in [-0.4, -0.2) is 15.8 Å². The molecule has 0 aromatic carbocycles. The zero-order valence-electron chi connectivity index (χ0n) is 7.05. The molecule has 0 bridgehead atoms. The van der Waals surface area contributed by atoms with Crippen LogP contribution in [0, 0.1) is 0 Å². The molecule has 0 aliphatic carbocycles. The Labute approximate surface area is 98.3 Å². The van der Waals surface area contributed by atoms with Gasteiger partial charge in [0.1, 0.15) is 0 Å². The normalized spacial score (nSPS) is 12.8. The molecule has 0 aliphatic rings. The van der Waals surface area contributed by atoms with Crippen LogP contribution in [0.2, 0.25) is 0 Å². The molecule has 0 aliphatic heterocycles. The van der Waals surface area contributed by atoms with Crippen molar-refractivity contribution in [3.8, 4) is 0 Å². The van der Waals surface area contributed by atoms with Gasteiger partial charge in [0.25, 0.3) is 7.37 Å². The topological polar surface area (TPSA) is 26.3 Å². The summed E-state index contributed by atoms with van der Waals surface area (Å²) in [6.07, 6.45) is 1.69. The number of halogens is 4. The smallest absolute Gasteiger partial charge is 0.266 e. The Balaban J connectivity index is 4.18. The van der Waals surface area contributed by atoms with Crippen LogP contribution in [0.15, 0.2) is 0 Å². The van der Waals surface area contributed by atoms with Crippen molar-refractivity contribution in [1.82, 2.24) is 0 Å². The van der Waals surface area contributed by atoms with E-state index in [9.17, 15) is 4.57 Å². The molecular formula is C6H11Cl4O2P. The SMILES string of the molecule is CCCCOP(=O)(C(Cl)Cl)C(Cl)Cl. The summed E-state index contributed by atoms with van der Waals surface area (Å²) in [6.45, 7) is 2.28. The van der Waals surface area contributed by atoms with Crippen LogP contribution < -0.4 is 0 Å². The second kappa shape index (κ2) is 6.76. The molecule has 0 aromatic heterocycles. The van der Waals surface area contributed by atoms with Gasteiger partial charge in [0.2, 0.25) is 0 Å². The van der Waals surface area contributed by atoms with Crippen molar-refractivity contribution in [1.29, 1.82) is 0 Å². The predicted octanol–water partition coefficient (Wildman–Crippen LogP) is 4.60. The van der Waals surface area contributed by atoms with Crippen LogP contribution in [0.1, 0.15) is 19.8 Å². The van der Waals surface area contributed by atoms with Crippen LogP contribution in [0.5, 0.6) is 0 Å². The Morgan fingerprint density at radius 1 is 1.23 bits per heavy atom. The van der Waals surface area contributed by atoms with Crippen LogP contribution in [0.3, 0.4) is 0 Å². The molecule has 0 saturated carbocycles. The molecule has 0 rings (SSSR count). The average molecular weight is 288 g/mol. The van der Waals surface area contributed by atoms with E-state index in [2.05, 4.69) is 0 Å². The van der Waals surface area contributed by atoms with E-state index < -0.39 is 16.5 Å². The third-order valence-electron chi connectivity index (χ3n) is 1.34. The van der Waals surface area contributed by atoms with Gasteiger partial charge in [-0.15, -0.1) is 0 Å². The highest BCUT2D eigenvalue weighted by Gasteiger charge is 2.38. The van der Waals surface area contributed by atoms with E-state index >= 15 is 0 Å². The Hall–Kier alpha value is 1.35. The third kappa shape index (κ3) is 4.59. The molecular weight excluding hydrogens is 277 g/mol. The molecule has 80 valence electrons. The largest absolute Gasteiger partial charge is 0.325 e. The van der Waals surface area contributed by atoms with Gasteiger partial charge < -0.3 is 4.52 Å². The third-order valence-corrected chi connectivity index (χ3v) is 6.27. The lowest BCUT2D eigenvalue weighted by molar-refractivity contribution is 0.308. The number of hydrogen-bond acceptors (Lipinski definition) is 2. The minimum Gasteiger partial charge on any atom is -0.325 e. The van der Waals surface area contributed by atoms with Gasteiger partial charge >= 0.3 is 0 Å². The fraction of sp³-hybridized carbons (Fsp3) is 1.00. The van der Waals surface area contributed by atoms with Crippen molar-refractivity contribution < 1.29 is 9.09 Å². The minimum absolute atomic E-state index is 0.305. The number of hydrogen-bond donors (Lipinski definition) is 0. The maximum Gasteiger partial charge on any atom is 0.266 e. The van der Waals surface area contributed by atoms with E-state index in [0.29, 0.717) is 6.61 Å². The van der Waals surface area contributed by atoms with E-state index in [4.69, 9.17) is 50.9 Å². The van der Waals surface area contributed by atoms with E-state index in [-0.39, 0.29) is 0 Å². The molecule has 0 saturated heterocycles. The second-order valence-corrected chi connectivity index (χ2v) is 8.38. The summed E-state index contributed by atoms with van der Waals surface area (Å²) < 4.78 is 14.4. The predicted molar refractivity (Wildman–Crippen MR) is 59.5 cm³/mol. The van der Waals surface area contributed by atoms with Crippen molar-refractivity contribution in [2.45, 2.75) is 28.9 Å². The van der Waals surface area contributed by atoms with Gasteiger partial charge in [-0.05, 0) is 6.42 Å². The van der Waals surface area contributed by atoms with Crippen LogP contribution >= 0.6 is 53.8 Å². The standard InChI is InChI=1S/C6H11Cl4O2P/c1-2-3-4-12-13(11,5(7)8)6(9)10/h5-6H,2-4H2,1H3. The summed E-state index contributed by atoms with van der Waals surface area (Å²) in [6, 6.07) is 0. The van der Waals surface area contributed by atoms with Gasteiger partial charge in [0, 0.05) is 0 Å². The summed E-state index contributed by atoms with van der Waals surface area (Å²) in [7, 11) is -3.33. The Kier molecular flexibility index (Phi) is 7.47. The zero-order valence-corrected chi connectivity index (χ0v) is 11.0. The van der Waals surface area contributed by atoms with Gasteiger partial charge in [-0.1, -0.05) is 59.7 Å². The first-order valence-corrected chi connectivity index (χ1v) is 7.26. The lowest BCUT2D eigenvalue weighted by Gasteiger charge is -2.19. The number of unbranched alkanes of at least 4 members (excludes halogenated alkanes) is 1. The van der Waals surface area contributed by atoms with Gasteiger partial charge in [0.15, 0.2) is 9.15 Å². The Morgan fingerprint density at radius 2 is 1.69 bits per heavy atom. The summed E-state index contributed by atoms with van der Waals surface area (Å²) in [4.78, 5) is 0. The lowest BCUT2D eigenvalue weighted by atomic mass is 10.4. The molecule has 0 radical (unpaired) electrons. The summed E-state index contributed by atoms with van der Waals surface area (Å²) in [5.41, 5.74) is 0. The fourth-order valence-corrected chi connectivity index (χ4v) is 4.08. The second-order valence-electron chi connectivity index (χ2n) is 2.39. The van der Waals surface area contributed by atoms with E-state index in [1.54, 1.807) is 0 Å². The van der Waals surface area contributed by atoms with Crippen molar-refractivity contribution in [2.24, 2.45) is 0 Å². The highest BCUT2D eigenvalue weighted by atomic mass is 35.5. The summed E-state index contributed by atoms with van der Waals surface area (Å²) in [5.74, 6) is 0. The van der Waals surface area contributed by atoms with Crippen molar-refractivity contribution in [2.75, 3.05) is 6.61 Å². The molecule has 0 atom stereocenters. The molecule has 0 spiro atoms. The maximum atomic E-state index is 11.7. The zero-order chi connectivity index (χ0) is 10.5. The quantitative estimate of drug-likeness (QED) is 0.405. The van der Waals surface area contributed by atoms with Crippen LogP contribution in [0.4, 0.5) is 0 Å². The lowest BCUT2D eigenvalue weighted by Crippen LogP contribution is -2.05. The van der Waals surface area contributed by atoms with Gasteiger partial charge in [-0.3, -0.25) is 4.57 Å². The molecule has 2 nitrogen and oxygen atoms in total. The van der Waals surface area contributed by atoms with Crippen LogP contribution in [0.25, 0.3) is 0 Å². The number of alkyl halides is 4. The molecule has 0 unspecified atom stereocenters. The maximum absolute atomic E-state index is 11.7. The molecule has 0 fully saturated rings. The molecule has 13 heavy (non-hydrogen) atoms. The molecule has 0 amide bonds. The molecule has 0 heterocycles. The van der Waals surface area contributed by atoms with Gasteiger partial charge in [-0.25, -0.2) is 0 Å². The minimum atomic E-state index is -3.33. The van der Waals surface area contributed by atoms with Gasteiger partial charge in [0.05, 0.1) is 6.61 Å². The molecule has 0 aromatic rings. The van der Waals surface area contributed by atoms with E-state index in [0.717, 1.165) is 12.8 Å². The van der Waals surface area contributed by atoms with E-state index in [1.807, 2.05) is 6.92 Å². The summed E-state index contributed by atoms with van der Waals surface area (Å²) in [5, 5.41) is 0. The first-order chi connectivity index (χ1) is 5.95. The van der Waals surface area contributed by atoms with Crippen molar-refractivity contribution in [3.63, 3.8) is 0 Å². The van der Waals surface area contributed by atoms with Gasteiger partial charge in [-0.2, -0.15) is 0 Å². The first-order valence-electron chi connectivity index (χ1n) is 3.75. The van der Waals surface area contributed by atoms with Crippen molar-refractivity contribution >= 4 is 53.8 Å². The Morgan fingerprint density at radius 3 is 2.00 bits per heavy atom. The van der Waals surface area contributed by atoms with Crippen LogP contribution in [-0.2, 0) is 9.09 Å². The fourth-order valence-electron chi connectivity index (χ4n) is 0.549. The summed E-state index contributed by atoms with van der Waals surface area (Å²) >= 11 is 21.9. The highest BCUT2D eigenvalue weighted by molar-refractivity contribution is 7.67. The Bertz CT molecular complexity index is 173. The number of rotatable bonds is 6.